The summed E-state index contributed by atoms with van der Waals surface area (Å²) in [6, 6.07) is 9.18. The van der Waals surface area contributed by atoms with Gasteiger partial charge in [-0.15, -0.1) is 0 Å². The maximum absolute atomic E-state index is 12.4. The highest BCUT2D eigenvalue weighted by atomic mass is 32.2. The summed E-state index contributed by atoms with van der Waals surface area (Å²) in [7, 11) is 0. The highest BCUT2D eigenvalue weighted by Crippen LogP contribution is 2.56. The SMILES string of the molecule is C[C@]12CC(=O)[C@@H]3C[C@@]1(O)O[C@H](O2)[C@@H]3CSCC(=O)c1ccccc1. The molecule has 5 nitrogen and oxygen atoms in total. The van der Waals surface area contributed by atoms with Crippen molar-refractivity contribution in [2.75, 3.05) is 11.5 Å². The van der Waals surface area contributed by atoms with Gasteiger partial charge < -0.3 is 14.6 Å². The maximum atomic E-state index is 12.4. The molecule has 0 radical (unpaired) electrons. The number of hydrogen-bond acceptors (Lipinski definition) is 6. The molecule has 2 saturated heterocycles. The molecule has 0 aromatic heterocycles. The lowest BCUT2D eigenvalue weighted by Crippen LogP contribution is -2.59. The van der Waals surface area contributed by atoms with Crippen LogP contribution in [0.2, 0.25) is 0 Å². The first kappa shape index (κ1) is 16.3. The van der Waals surface area contributed by atoms with Crippen LogP contribution < -0.4 is 0 Å². The molecule has 3 fully saturated rings. The number of Topliss-reactive ketones (excluding diaryl/α,β-unsaturated/α-hetero) is 2. The van der Waals surface area contributed by atoms with Crippen molar-refractivity contribution in [2.24, 2.45) is 11.8 Å². The Morgan fingerprint density at radius 2 is 2.08 bits per heavy atom. The van der Waals surface area contributed by atoms with Crippen LogP contribution in [0.25, 0.3) is 0 Å². The summed E-state index contributed by atoms with van der Waals surface area (Å²) in [5.74, 6) is -0.547. The van der Waals surface area contributed by atoms with Gasteiger partial charge in [0, 0.05) is 36.0 Å². The van der Waals surface area contributed by atoms with E-state index < -0.39 is 17.7 Å². The number of benzene rings is 1. The van der Waals surface area contributed by atoms with E-state index >= 15 is 0 Å². The van der Waals surface area contributed by atoms with Gasteiger partial charge in [-0.05, 0) is 6.92 Å². The fourth-order valence-electron chi connectivity index (χ4n) is 3.95. The predicted octanol–water partition coefficient (Wildman–Crippen LogP) is 2.03. The highest BCUT2D eigenvalue weighted by molar-refractivity contribution is 8.00. The van der Waals surface area contributed by atoms with Crippen LogP contribution in [0.3, 0.4) is 0 Å². The number of carbonyl (C=O) groups excluding carboxylic acids is 2. The summed E-state index contributed by atoms with van der Waals surface area (Å²) in [5.41, 5.74) is -0.245. The Kier molecular flexibility index (Phi) is 3.84. The molecule has 24 heavy (non-hydrogen) atoms. The summed E-state index contributed by atoms with van der Waals surface area (Å²) in [6.07, 6.45) is -0.0876. The zero-order valence-corrected chi connectivity index (χ0v) is 14.3. The molecule has 0 spiro atoms. The molecular formula is C18H20O5S. The molecule has 1 aliphatic carbocycles. The zero-order chi connectivity index (χ0) is 16.9. The Labute approximate surface area is 144 Å². The molecule has 1 saturated carbocycles. The lowest BCUT2D eigenvalue weighted by molar-refractivity contribution is -0.266. The zero-order valence-electron chi connectivity index (χ0n) is 13.4. The third-order valence-corrected chi connectivity index (χ3v) is 6.53. The van der Waals surface area contributed by atoms with E-state index in [2.05, 4.69) is 0 Å². The van der Waals surface area contributed by atoms with Gasteiger partial charge in [0.2, 0.25) is 0 Å². The molecule has 2 heterocycles. The second kappa shape index (κ2) is 5.66. The van der Waals surface area contributed by atoms with E-state index in [-0.39, 0.29) is 36.2 Å². The molecule has 0 unspecified atom stereocenters. The summed E-state index contributed by atoms with van der Waals surface area (Å²) >= 11 is 1.49. The Balaban J connectivity index is 1.41. The Hall–Kier alpha value is -1.21. The molecule has 0 amide bonds. The van der Waals surface area contributed by atoms with Crippen molar-refractivity contribution in [3.05, 3.63) is 35.9 Å². The van der Waals surface area contributed by atoms with Crippen LogP contribution in [0.1, 0.15) is 30.1 Å². The van der Waals surface area contributed by atoms with E-state index in [4.69, 9.17) is 9.47 Å². The lowest BCUT2D eigenvalue weighted by atomic mass is 9.70. The van der Waals surface area contributed by atoms with E-state index in [1.165, 1.54) is 11.8 Å². The fourth-order valence-corrected chi connectivity index (χ4v) is 5.08. The average molecular weight is 348 g/mol. The van der Waals surface area contributed by atoms with Crippen LogP contribution in [0.5, 0.6) is 0 Å². The van der Waals surface area contributed by atoms with E-state index in [0.717, 1.165) is 0 Å². The second-order valence-electron chi connectivity index (χ2n) is 7.04. The summed E-state index contributed by atoms with van der Waals surface area (Å²) in [4.78, 5) is 24.6. The number of rotatable bonds is 5. The fraction of sp³-hybridized carbons (Fsp3) is 0.556. The van der Waals surface area contributed by atoms with Crippen LogP contribution in [-0.2, 0) is 14.3 Å². The molecule has 6 heteroatoms. The normalized spacial score (nSPS) is 40.1. The van der Waals surface area contributed by atoms with Gasteiger partial charge in [0.15, 0.2) is 17.9 Å². The van der Waals surface area contributed by atoms with E-state index in [1.54, 1.807) is 19.1 Å². The minimum absolute atomic E-state index is 0.0729. The predicted molar refractivity (Wildman–Crippen MR) is 88.6 cm³/mol. The number of hydrogen-bond donors (Lipinski definition) is 1. The topological polar surface area (TPSA) is 72.8 Å². The van der Waals surface area contributed by atoms with Crippen LogP contribution in [-0.4, -0.2) is 45.9 Å². The van der Waals surface area contributed by atoms with Gasteiger partial charge in [-0.3, -0.25) is 9.59 Å². The van der Waals surface area contributed by atoms with Gasteiger partial charge in [0.05, 0.1) is 5.75 Å². The van der Waals surface area contributed by atoms with Crippen LogP contribution >= 0.6 is 11.8 Å². The summed E-state index contributed by atoms with van der Waals surface area (Å²) in [5, 5.41) is 10.6. The molecule has 1 aromatic carbocycles. The first-order chi connectivity index (χ1) is 11.4. The maximum Gasteiger partial charge on any atom is 0.198 e. The minimum atomic E-state index is -1.35. The molecule has 1 N–H and O–H groups in total. The Morgan fingerprint density at radius 1 is 1.33 bits per heavy atom. The molecule has 2 aliphatic heterocycles. The van der Waals surface area contributed by atoms with Gasteiger partial charge in [-0.2, -0.15) is 11.8 Å². The van der Waals surface area contributed by atoms with Gasteiger partial charge in [-0.1, -0.05) is 30.3 Å². The smallest absolute Gasteiger partial charge is 0.198 e. The Bertz CT molecular complexity index is 677. The lowest BCUT2D eigenvalue weighted by Gasteiger charge is -2.45. The minimum Gasteiger partial charge on any atom is -0.363 e. The monoisotopic (exact) mass is 348 g/mol. The molecular weight excluding hydrogens is 328 g/mol. The van der Waals surface area contributed by atoms with Crippen molar-refractivity contribution < 1.29 is 24.2 Å². The number of ether oxygens (including phenoxy) is 2. The standard InChI is InChI=1S/C18H20O5S/c1-17-8-14(19)12-7-18(17,21)23-16(22-17)13(12)9-24-10-15(20)11-5-3-2-4-6-11/h2-6,12-13,16,21H,7-10H2,1H3/t12-,13-,16+,17+,18-/m1/s1. The van der Waals surface area contributed by atoms with Crippen molar-refractivity contribution in [2.45, 2.75) is 37.4 Å². The molecule has 3 bridgehead atoms. The Morgan fingerprint density at radius 3 is 2.83 bits per heavy atom. The molecule has 1 aromatic rings. The summed E-state index contributed by atoms with van der Waals surface area (Å²) < 4.78 is 11.6. The number of aliphatic hydroxyl groups is 1. The van der Waals surface area contributed by atoms with Crippen LogP contribution in [0.4, 0.5) is 0 Å². The van der Waals surface area contributed by atoms with Gasteiger partial charge in [0.1, 0.15) is 11.4 Å². The van der Waals surface area contributed by atoms with Crippen molar-refractivity contribution in [3.8, 4) is 0 Å². The summed E-state index contributed by atoms with van der Waals surface area (Å²) in [6.45, 7) is 1.75. The highest BCUT2D eigenvalue weighted by Gasteiger charge is 2.69. The van der Waals surface area contributed by atoms with E-state index in [9.17, 15) is 14.7 Å². The third kappa shape index (κ3) is 2.44. The molecule has 3 aliphatic rings. The third-order valence-electron chi connectivity index (χ3n) is 5.44. The average Bonchev–Trinajstić information content (AvgIpc) is 2.72. The van der Waals surface area contributed by atoms with Crippen LogP contribution in [0, 0.1) is 11.8 Å². The quantitative estimate of drug-likeness (QED) is 0.821. The molecule has 4 rings (SSSR count). The number of carbonyl (C=O) groups is 2. The first-order valence-electron chi connectivity index (χ1n) is 8.19. The van der Waals surface area contributed by atoms with Gasteiger partial charge in [-0.25, -0.2) is 0 Å². The van der Waals surface area contributed by atoms with Crippen molar-refractivity contribution in [1.82, 2.24) is 0 Å². The van der Waals surface area contributed by atoms with Crippen LogP contribution in [0.15, 0.2) is 30.3 Å². The molecule has 128 valence electrons. The van der Waals surface area contributed by atoms with E-state index in [1.807, 2.05) is 18.2 Å². The van der Waals surface area contributed by atoms with Gasteiger partial charge >= 0.3 is 0 Å². The van der Waals surface area contributed by atoms with Gasteiger partial charge in [0.25, 0.3) is 0 Å². The largest absolute Gasteiger partial charge is 0.363 e. The van der Waals surface area contributed by atoms with Crippen molar-refractivity contribution >= 4 is 23.3 Å². The van der Waals surface area contributed by atoms with E-state index in [0.29, 0.717) is 17.1 Å². The first-order valence-corrected chi connectivity index (χ1v) is 9.34. The number of ketones is 2. The second-order valence-corrected chi connectivity index (χ2v) is 8.07. The van der Waals surface area contributed by atoms with Crippen molar-refractivity contribution in [1.29, 1.82) is 0 Å². The molecule has 5 atom stereocenters. The number of thioether (sulfide) groups is 1. The number of fused-ring (bicyclic) bond motifs is 2. The van der Waals surface area contributed by atoms with Crippen molar-refractivity contribution in [3.63, 3.8) is 0 Å².